The molecule has 5 heteroatoms. The van der Waals surface area contributed by atoms with Crippen molar-refractivity contribution >= 4 is 29.3 Å². The van der Waals surface area contributed by atoms with Crippen LogP contribution in [0.3, 0.4) is 0 Å². The van der Waals surface area contributed by atoms with Crippen LogP contribution in [-0.2, 0) is 4.79 Å². The van der Waals surface area contributed by atoms with E-state index in [1.54, 1.807) is 11.8 Å². The maximum atomic E-state index is 12.7. The highest BCUT2D eigenvalue weighted by atomic mass is 32.2. The van der Waals surface area contributed by atoms with Gasteiger partial charge in [-0.05, 0) is 38.0 Å². The zero-order valence-electron chi connectivity index (χ0n) is 12.9. The zero-order chi connectivity index (χ0) is 15.5. The lowest BCUT2D eigenvalue weighted by Gasteiger charge is -2.26. The number of benzene rings is 1. The van der Waals surface area contributed by atoms with Crippen LogP contribution in [0.25, 0.3) is 0 Å². The van der Waals surface area contributed by atoms with Crippen LogP contribution in [0.2, 0.25) is 0 Å². The number of thioether (sulfide) groups is 1. The van der Waals surface area contributed by atoms with Gasteiger partial charge in [-0.15, -0.1) is 11.8 Å². The van der Waals surface area contributed by atoms with Crippen molar-refractivity contribution in [2.45, 2.75) is 49.2 Å². The van der Waals surface area contributed by atoms with Crippen molar-refractivity contribution in [1.29, 1.82) is 0 Å². The third kappa shape index (κ3) is 3.29. The molecule has 0 aliphatic carbocycles. The van der Waals surface area contributed by atoms with Gasteiger partial charge in [0.15, 0.2) is 0 Å². The van der Waals surface area contributed by atoms with Gasteiger partial charge in [0, 0.05) is 23.5 Å². The van der Waals surface area contributed by atoms with E-state index in [2.05, 4.69) is 5.32 Å². The van der Waals surface area contributed by atoms with Crippen molar-refractivity contribution in [1.82, 2.24) is 4.90 Å². The molecule has 1 aromatic carbocycles. The van der Waals surface area contributed by atoms with Crippen LogP contribution in [0.15, 0.2) is 23.1 Å². The van der Waals surface area contributed by atoms with Gasteiger partial charge in [-0.25, -0.2) is 0 Å². The van der Waals surface area contributed by atoms with E-state index in [1.807, 2.05) is 30.0 Å². The van der Waals surface area contributed by atoms with E-state index >= 15 is 0 Å². The molecule has 1 saturated heterocycles. The quantitative estimate of drug-likeness (QED) is 0.862. The molecule has 1 fully saturated rings. The summed E-state index contributed by atoms with van der Waals surface area (Å²) in [4.78, 5) is 27.5. The smallest absolute Gasteiger partial charge is 0.253 e. The van der Waals surface area contributed by atoms with Gasteiger partial charge in [-0.1, -0.05) is 19.3 Å². The van der Waals surface area contributed by atoms with Crippen LogP contribution in [0.1, 0.15) is 49.4 Å². The molecule has 1 atom stereocenters. The van der Waals surface area contributed by atoms with Crippen molar-refractivity contribution in [3.05, 3.63) is 23.8 Å². The Hall–Kier alpha value is -1.49. The second-order valence-corrected chi connectivity index (χ2v) is 7.40. The van der Waals surface area contributed by atoms with Crippen molar-refractivity contribution in [3.63, 3.8) is 0 Å². The maximum absolute atomic E-state index is 12.7. The van der Waals surface area contributed by atoms with Crippen LogP contribution in [0.4, 0.5) is 5.69 Å². The predicted octanol–water partition coefficient (Wildman–Crippen LogP) is 3.53. The SMILES string of the molecule is CC1Sc2ccc(C(=O)N3CCCCCCC3)cc2NC1=O. The molecule has 3 rings (SSSR count). The van der Waals surface area contributed by atoms with Gasteiger partial charge in [-0.3, -0.25) is 9.59 Å². The molecule has 1 unspecified atom stereocenters. The highest BCUT2D eigenvalue weighted by molar-refractivity contribution is 8.00. The molecule has 118 valence electrons. The monoisotopic (exact) mass is 318 g/mol. The predicted molar refractivity (Wildman–Crippen MR) is 89.4 cm³/mol. The number of hydrogen-bond donors (Lipinski definition) is 1. The van der Waals surface area contributed by atoms with Crippen LogP contribution >= 0.6 is 11.8 Å². The molecule has 1 aromatic rings. The Morgan fingerprint density at radius 1 is 1.18 bits per heavy atom. The first-order valence-corrected chi connectivity index (χ1v) is 8.94. The lowest BCUT2D eigenvalue weighted by atomic mass is 10.1. The minimum absolute atomic E-state index is 0.00774. The van der Waals surface area contributed by atoms with Crippen molar-refractivity contribution in [2.75, 3.05) is 18.4 Å². The molecule has 0 bridgehead atoms. The zero-order valence-corrected chi connectivity index (χ0v) is 13.7. The van der Waals surface area contributed by atoms with Crippen molar-refractivity contribution < 1.29 is 9.59 Å². The highest BCUT2D eigenvalue weighted by Crippen LogP contribution is 2.36. The Kier molecular flexibility index (Phi) is 4.71. The number of likely N-dealkylation sites (tertiary alicyclic amines) is 1. The summed E-state index contributed by atoms with van der Waals surface area (Å²) in [7, 11) is 0. The summed E-state index contributed by atoms with van der Waals surface area (Å²) in [6.07, 6.45) is 5.86. The van der Waals surface area contributed by atoms with Gasteiger partial charge in [0.1, 0.15) is 0 Å². The summed E-state index contributed by atoms with van der Waals surface area (Å²) < 4.78 is 0. The highest BCUT2D eigenvalue weighted by Gasteiger charge is 2.24. The Labute approximate surface area is 135 Å². The largest absolute Gasteiger partial charge is 0.339 e. The minimum Gasteiger partial charge on any atom is -0.339 e. The fraction of sp³-hybridized carbons (Fsp3) is 0.529. The summed E-state index contributed by atoms with van der Waals surface area (Å²) in [6, 6.07) is 5.66. The maximum Gasteiger partial charge on any atom is 0.253 e. The molecule has 0 spiro atoms. The molecule has 0 saturated carbocycles. The van der Waals surface area contributed by atoms with E-state index in [0.717, 1.165) is 36.5 Å². The van der Waals surface area contributed by atoms with Gasteiger partial charge in [0.25, 0.3) is 5.91 Å². The number of fused-ring (bicyclic) bond motifs is 1. The third-order valence-electron chi connectivity index (χ3n) is 4.30. The number of amides is 2. The van der Waals surface area contributed by atoms with E-state index in [4.69, 9.17) is 0 Å². The second kappa shape index (κ2) is 6.73. The minimum atomic E-state index is -0.0802. The van der Waals surface area contributed by atoms with Crippen LogP contribution in [0, 0.1) is 0 Å². The second-order valence-electron chi connectivity index (χ2n) is 6.02. The van der Waals surface area contributed by atoms with Crippen molar-refractivity contribution in [2.24, 2.45) is 0 Å². The van der Waals surface area contributed by atoms with Gasteiger partial charge in [0.05, 0.1) is 10.9 Å². The number of rotatable bonds is 1. The van der Waals surface area contributed by atoms with Gasteiger partial charge in [0.2, 0.25) is 5.91 Å². The molecular weight excluding hydrogens is 296 g/mol. The van der Waals surface area contributed by atoms with E-state index in [1.165, 1.54) is 19.3 Å². The Morgan fingerprint density at radius 2 is 1.86 bits per heavy atom. The Morgan fingerprint density at radius 3 is 2.59 bits per heavy atom. The molecule has 0 radical (unpaired) electrons. The summed E-state index contributed by atoms with van der Waals surface area (Å²) in [6.45, 7) is 3.57. The summed E-state index contributed by atoms with van der Waals surface area (Å²) in [5.41, 5.74) is 1.45. The first-order chi connectivity index (χ1) is 10.6. The summed E-state index contributed by atoms with van der Waals surface area (Å²) in [5.74, 6) is 0.0935. The lowest BCUT2D eigenvalue weighted by molar-refractivity contribution is -0.115. The standard InChI is InChI=1S/C17H22N2O2S/c1-12-16(20)18-14-11-13(7-8-15(14)22-12)17(21)19-9-5-3-2-4-6-10-19/h7-8,11-12H,2-6,9-10H2,1H3,(H,18,20). The summed E-state index contributed by atoms with van der Waals surface area (Å²) in [5, 5.41) is 2.82. The normalized spacial score (nSPS) is 22.3. The van der Waals surface area contributed by atoms with Gasteiger partial charge < -0.3 is 10.2 Å². The fourth-order valence-corrected chi connectivity index (χ4v) is 3.91. The van der Waals surface area contributed by atoms with E-state index in [0.29, 0.717) is 5.56 Å². The third-order valence-corrected chi connectivity index (χ3v) is 5.48. The molecule has 2 amide bonds. The first-order valence-electron chi connectivity index (χ1n) is 8.06. The molecule has 2 heterocycles. The first kappa shape index (κ1) is 15.4. The van der Waals surface area contributed by atoms with Crippen LogP contribution in [-0.4, -0.2) is 35.1 Å². The molecule has 22 heavy (non-hydrogen) atoms. The number of carbonyl (C=O) groups is 2. The molecular formula is C17H22N2O2S. The number of hydrogen-bond acceptors (Lipinski definition) is 3. The Bertz CT molecular complexity index is 580. The average molecular weight is 318 g/mol. The fourth-order valence-electron chi connectivity index (χ4n) is 2.97. The Balaban J connectivity index is 1.78. The van der Waals surface area contributed by atoms with Gasteiger partial charge in [-0.2, -0.15) is 0 Å². The van der Waals surface area contributed by atoms with Crippen molar-refractivity contribution in [3.8, 4) is 0 Å². The van der Waals surface area contributed by atoms with Crippen LogP contribution in [0.5, 0.6) is 0 Å². The van der Waals surface area contributed by atoms with Gasteiger partial charge >= 0.3 is 0 Å². The van der Waals surface area contributed by atoms with Crippen LogP contribution < -0.4 is 5.32 Å². The topological polar surface area (TPSA) is 49.4 Å². The average Bonchev–Trinajstić information content (AvgIpc) is 2.47. The molecule has 2 aliphatic heterocycles. The number of carbonyl (C=O) groups excluding carboxylic acids is 2. The molecule has 0 aromatic heterocycles. The van der Waals surface area contributed by atoms with E-state index < -0.39 is 0 Å². The molecule has 2 aliphatic rings. The number of anilines is 1. The lowest BCUT2D eigenvalue weighted by Crippen LogP contribution is -2.34. The molecule has 4 nitrogen and oxygen atoms in total. The molecule has 1 N–H and O–H groups in total. The van der Waals surface area contributed by atoms with E-state index in [9.17, 15) is 9.59 Å². The number of nitrogens with zero attached hydrogens (tertiary/aromatic N) is 1. The van der Waals surface area contributed by atoms with E-state index in [-0.39, 0.29) is 17.1 Å². The summed E-state index contributed by atoms with van der Waals surface area (Å²) >= 11 is 1.55. The number of nitrogens with one attached hydrogen (secondary N) is 1.